The molecule has 306 valence electrons. The second-order valence-electron chi connectivity index (χ2n) is 18.0. The lowest BCUT2D eigenvalue weighted by Gasteiger charge is -2.30. The third-order valence-corrected chi connectivity index (χ3v) is 14.1. The summed E-state index contributed by atoms with van der Waals surface area (Å²) >= 11 is 0. The van der Waals surface area contributed by atoms with Gasteiger partial charge in [0, 0.05) is 38.5 Å². The first-order valence-electron chi connectivity index (χ1n) is 22.6. The first-order chi connectivity index (χ1) is 32.0. The van der Waals surface area contributed by atoms with Crippen LogP contribution in [0.3, 0.4) is 0 Å². The van der Waals surface area contributed by atoms with Gasteiger partial charge < -0.3 is 9.32 Å². The van der Waals surface area contributed by atoms with Gasteiger partial charge in [-0.1, -0.05) is 190 Å². The van der Waals surface area contributed by atoms with E-state index in [2.05, 4.69) is 243 Å². The van der Waals surface area contributed by atoms with Crippen LogP contribution in [0.5, 0.6) is 0 Å². The molecule has 0 fully saturated rings. The van der Waals surface area contributed by atoms with Gasteiger partial charge in [-0.15, -0.1) is 0 Å². The molecule has 1 aliphatic rings. The molecule has 0 saturated heterocycles. The van der Waals surface area contributed by atoms with Crippen LogP contribution < -0.4 is 4.90 Å². The van der Waals surface area contributed by atoms with Crippen molar-refractivity contribution in [1.29, 1.82) is 0 Å². The van der Waals surface area contributed by atoms with Crippen LogP contribution in [-0.4, -0.2) is 0 Å². The smallest absolute Gasteiger partial charge is 0.136 e. The second-order valence-corrected chi connectivity index (χ2v) is 18.0. The van der Waals surface area contributed by atoms with Crippen molar-refractivity contribution in [3.63, 3.8) is 0 Å². The number of para-hydroxylation sites is 2. The number of nitrogens with zero attached hydrogens (tertiary/aromatic N) is 1. The summed E-state index contributed by atoms with van der Waals surface area (Å²) in [7, 11) is 0. The van der Waals surface area contributed by atoms with Crippen LogP contribution in [0.1, 0.15) is 25.0 Å². The Hall–Kier alpha value is -8.20. The van der Waals surface area contributed by atoms with E-state index in [1.165, 1.54) is 87.8 Å². The molecule has 0 amide bonds. The largest absolute Gasteiger partial charge is 0.456 e. The average molecular weight is 830 g/mol. The highest BCUT2D eigenvalue weighted by Gasteiger charge is 2.36. The zero-order chi connectivity index (χ0) is 43.2. The summed E-state index contributed by atoms with van der Waals surface area (Å²) in [5.74, 6) is 0. The van der Waals surface area contributed by atoms with Crippen molar-refractivity contribution in [3.8, 4) is 44.5 Å². The van der Waals surface area contributed by atoms with E-state index in [0.29, 0.717) is 0 Å². The zero-order valence-corrected chi connectivity index (χ0v) is 36.2. The molecule has 12 aromatic rings. The summed E-state index contributed by atoms with van der Waals surface area (Å²) in [6, 6.07) is 82.3. The molecule has 0 aliphatic heterocycles. The summed E-state index contributed by atoms with van der Waals surface area (Å²) in [6.45, 7) is 4.73. The van der Waals surface area contributed by atoms with Crippen molar-refractivity contribution >= 4 is 71.3 Å². The molecule has 1 aliphatic carbocycles. The fourth-order valence-electron chi connectivity index (χ4n) is 11.0. The van der Waals surface area contributed by atoms with Gasteiger partial charge in [-0.2, -0.15) is 0 Å². The Labute approximate surface area is 378 Å². The minimum absolute atomic E-state index is 0.156. The molecule has 0 bridgehead atoms. The van der Waals surface area contributed by atoms with E-state index in [4.69, 9.17) is 4.42 Å². The van der Waals surface area contributed by atoms with E-state index in [-0.39, 0.29) is 5.41 Å². The normalized spacial score (nSPS) is 12.9. The number of fused-ring (bicyclic) bond motifs is 13. The van der Waals surface area contributed by atoms with Crippen molar-refractivity contribution in [2.24, 2.45) is 0 Å². The van der Waals surface area contributed by atoms with E-state index in [1.54, 1.807) is 0 Å². The van der Waals surface area contributed by atoms with E-state index in [0.717, 1.165) is 39.2 Å². The molecule has 1 aromatic heterocycles. The monoisotopic (exact) mass is 829 g/mol. The van der Waals surface area contributed by atoms with Gasteiger partial charge in [0.05, 0.1) is 5.69 Å². The molecule has 0 atom stereocenters. The predicted molar refractivity (Wildman–Crippen MR) is 275 cm³/mol. The van der Waals surface area contributed by atoms with Gasteiger partial charge in [0.1, 0.15) is 11.2 Å². The Balaban J connectivity index is 1.04. The molecule has 0 N–H and O–H groups in total. The van der Waals surface area contributed by atoms with Gasteiger partial charge in [-0.3, -0.25) is 0 Å². The van der Waals surface area contributed by atoms with E-state index >= 15 is 0 Å². The molecule has 0 spiro atoms. The first kappa shape index (κ1) is 37.4. The summed E-state index contributed by atoms with van der Waals surface area (Å²) in [5.41, 5.74) is 17.5. The van der Waals surface area contributed by atoms with Crippen LogP contribution in [0, 0.1) is 0 Å². The molecule has 11 aromatic carbocycles. The molecule has 0 unspecified atom stereocenters. The quantitative estimate of drug-likeness (QED) is 0.155. The average Bonchev–Trinajstić information content (AvgIpc) is 3.86. The molecule has 2 nitrogen and oxygen atoms in total. The molecule has 13 rings (SSSR count). The van der Waals surface area contributed by atoms with Crippen LogP contribution in [0.15, 0.2) is 229 Å². The van der Waals surface area contributed by atoms with E-state index in [1.807, 2.05) is 0 Å². The Morgan fingerprint density at radius 3 is 1.69 bits per heavy atom. The minimum Gasteiger partial charge on any atom is -0.456 e. The van der Waals surface area contributed by atoms with Crippen LogP contribution in [-0.2, 0) is 5.41 Å². The fraction of sp³-hybridized carbons (Fsp3) is 0.0476. The molecule has 0 saturated carbocycles. The second kappa shape index (κ2) is 14.4. The van der Waals surface area contributed by atoms with Crippen LogP contribution in [0.25, 0.3) is 98.8 Å². The summed E-state index contributed by atoms with van der Waals surface area (Å²) < 4.78 is 6.45. The van der Waals surface area contributed by atoms with Gasteiger partial charge in [0.2, 0.25) is 0 Å². The number of rotatable bonds is 6. The summed E-state index contributed by atoms with van der Waals surface area (Å²) in [6.07, 6.45) is 0. The lowest BCUT2D eigenvalue weighted by molar-refractivity contribution is 0.660. The van der Waals surface area contributed by atoms with Crippen LogP contribution >= 0.6 is 0 Å². The number of anilines is 3. The third-order valence-electron chi connectivity index (χ3n) is 14.1. The van der Waals surface area contributed by atoms with E-state index < -0.39 is 0 Å². The highest BCUT2D eigenvalue weighted by molar-refractivity contribution is 6.36. The first-order valence-corrected chi connectivity index (χ1v) is 22.6. The Morgan fingerprint density at radius 2 is 0.877 bits per heavy atom. The highest BCUT2D eigenvalue weighted by Crippen LogP contribution is 2.52. The van der Waals surface area contributed by atoms with Crippen molar-refractivity contribution in [1.82, 2.24) is 0 Å². The van der Waals surface area contributed by atoms with Gasteiger partial charge in [-0.05, 0) is 126 Å². The van der Waals surface area contributed by atoms with Gasteiger partial charge >= 0.3 is 0 Å². The molecule has 2 heteroatoms. The number of benzene rings is 11. The molecule has 65 heavy (non-hydrogen) atoms. The number of hydrogen-bond acceptors (Lipinski definition) is 2. The molecule has 1 heterocycles. The van der Waals surface area contributed by atoms with Crippen LogP contribution in [0.2, 0.25) is 0 Å². The summed E-state index contributed by atoms with van der Waals surface area (Å²) in [4.78, 5) is 2.49. The lowest BCUT2D eigenvalue weighted by atomic mass is 9.82. The summed E-state index contributed by atoms with van der Waals surface area (Å²) in [5, 5.41) is 9.69. The Morgan fingerprint density at radius 1 is 0.323 bits per heavy atom. The molecule has 0 radical (unpaired) electrons. The third kappa shape index (κ3) is 5.74. The molecular formula is C63H43NO. The van der Waals surface area contributed by atoms with Crippen molar-refractivity contribution in [2.75, 3.05) is 4.90 Å². The lowest BCUT2D eigenvalue weighted by Crippen LogP contribution is -2.17. The maximum atomic E-state index is 6.45. The van der Waals surface area contributed by atoms with Crippen molar-refractivity contribution in [3.05, 3.63) is 236 Å². The Bertz CT molecular complexity index is 3830. The predicted octanol–water partition coefficient (Wildman–Crippen LogP) is 17.8. The topological polar surface area (TPSA) is 16.4 Å². The maximum absolute atomic E-state index is 6.45. The zero-order valence-electron chi connectivity index (χ0n) is 36.2. The minimum atomic E-state index is -0.156. The van der Waals surface area contributed by atoms with E-state index in [9.17, 15) is 0 Å². The van der Waals surface area contributed by atoms with Gasteiger partial charge in [0.15, 0.2) is 0 Å². The van der Waals surface area contributed by atoms with Gasteiger partial charge in [-0.25, -0.2) is 0 Å². The Kier molecular flexibility index (Phi) is 8.29. The fourth-order valence-corrected chi connectivity index (χ4v) is 11.0. The van der Waals surface area contributed by atoms with Crippen molar-refractivity contribution in [2.45, 2.75) is 19.3 Å². The molecular weight excluding hydrogens is 787 g/mol. The number of furan rings is 1. The van der Waals surface area contributed by atoms with Crippen LogP contribution in [0.4, 0.5) is 17.1 Å². The standard InChI is InChI=1S/C63H43NO/c1-63(2)55-27-11-8-20-46(55)47-35-34-45(39-56(47)63)64(44-19-14-18-43(38-44)42-32-30-41(31-33-42)40-16-4-3-5-17-40)57-28-12-9-21-48(57)49-25-15-26-51-53-36-37-59-62(54-24-10-13-29-58(54)65-59)61(53)52-23-7-6-22-50(52)60(49)51/h3-39H,1-2H3. The van der Waals surface area contributed by atoms with Crippen molar-refractivity contribution < 1.29 is 4.42 Å². The van der Waals surface area contributed by atoms with Gasteiger partial charge in [0.25, 0.3) is 0 Å². The SMILES string of the molecule is CC1(C)c2ccccc2-c2ccc(N(c3cccc(-c4ccc(-c5ccccc5)cc4)c3)c3ccccc3-c3cccc4c5ccc6oc7ccccc7c6c5c5ccccc5c34)cc21. The maximum Gasteiger partial charge on any atom is 0.136 e. The highest BCUT2D eigenvalue weighted by atomic mass is 16.3. The number of hydrogen-bond donors (Lipinski definition) is 0.